The van der Waals surface area contributed by atoms with Crippen LogP contribution in [0.2, 0.25) is 0 Å². The summed E-state index contributed by atoms with van der Waals surface area (Å²) in [6.07, 6.45) is -23.4. The second kappa shape index (κ2) is 10.0. The number of nitrogens with zero attached hydrogens (tertiary/aromatic N) is 1. The monoisotopic (exact) mass is 537 g/mol. The van der Waals surface area contributed by atoms with E-state index >= 15 is 0 Å². The van der Waals surface area contributed by atoms with Crippen molar-refractivity contribution in [1.82, 2.24) is 4.72 Å². The van der Waals surface area contributed by atoms with E-state index in [4.69, 9.17) is 5.11 Å². The van der Waals surface area contributed by atoms with Crippen LogP contribution in [0.5, 0.6) is 0 Å². The van der Waals surface area contributed by atoms with Crippen molar-refractivity contribution in [2.24, 2.45) is 0 Å². The van der Waals surface area contributed by atoms with Crippen molar-refractivity contribution in [2.75, 3.05) is 39.5 Å². The number of carbonyl (C=O) groups is 1. The summed E-state index contributed by atoms with van der Waals surface area (Å²) < 4.78 is 167. The van der Waals surface area contributed by atoms with E-state index in [1.165, 1.54) is 14.1 Å². The molecule has 0 rings (SSSR count). The summed E-state index contributed by atoms with van der Waals surface area (Å²) in [6, 6.07) is 0. The Morgan fingerprint density at radius 1 is 0.939 bits per heavy atom. The van der Waals surface area contributed by atoms with Crippen LogP contribution in [0.4, 0.5) is 48.3 Å². The molecule has 0 spiro atoms. The van der Waals surface area contributed by atoms with Gasteiger partial charge in [0.15, 0.2) is 6.54 Å². The molecule has 0 saturated carbocycles. The second-order valence-corrected chi connectivity index (χ2v) is 9.37. The molecule has 19 heteroatoms. The van der Waals surface area contributed by atoms with Crippen LogP contribution >= 0.6 is 0 Å². The number of carboxylic acid groups (broad SMARTS) is 1. The maximum Gasteiger partial charge on any atom is 0.462 e. The lowest BCUT2D eigenvalue weighted by atomic mass is 10.2. The van der Waals surface area contributed by atoms with E-state index in [1.54, 1.807) is 4.72 Å². The van der Waals surface area contributed by atoms with Gasteiger partial charge in [-0.25, -0.2) is 22.7 Å². The first-order valence-corrected chi connectivity index (χ1v) is 10.2. The molecule has 0 atom stereocenters. The van der Waals surface area contributed by atoms with Gasteiger partial charge in [-0.15, -0.1) is 0 Å². The number of halogens is 11. The van der Waals surface area contributed by atoms with Crippen molar-refractivity contribution < 1.29 is 75.8 Å². The number of sulfonamides is 1. The minimum atomic E-state index is -7.26. The Hall–Kier alpha value is -1.47. The van der Waals surface area contributed by atoms with Gasteiger partial charge in [0.2, 0.25) is 10.0 Å². The highest BCUT2D eigenvalue weighted by atomic mass is 32.2. The van der Waals surface area contributed by atoms with Crippen LogP contribution in [0.3, 0.4) is 0 Å². The Kier molecular flexibility index (Phi) is 9.58. The summed E-state index contributed by atoms with van der Waals surface area (Å²) >= 11 is 0. The first-order chi connectivity index (χ1) is 14.3. The molecular formula is C14H20F11N2O5S+. The average molecular weight is 537 g/mol. The fraction of sp³-hybridized carbons (Fsp3) is 0.929. The molecule has 0 amide bonds. The topological polar surface area (TPSA) is 92.7 Å². The largest absolute Gasteiger partial charge is 0.477 e. The third-order valence-electron chi connectivity index (χ3n) is 3.91. The lowest BCUT2D eigenvalue weighted by molar-refractivity contribution is -0.883. The van der Waals surface area contributed by atoms with Crippen LogP contribution in [0.15, 0.2) is 0 Å². The number of hydrogen-bond donors (Lipinski definition) is 2. The number of hydrogen-bond acceptors (Lipinski definition) is 4. The highest BCUT2D eigenvalue weighted by Gasteiger charge is 2.78. The van der Waals surface area contributed by atoms with E-state index in [1.807, 2.05) is 4.74 Å². The lowest BCUT2D eigenvalue weighted by Gasteiger charge is -2.33. The van der Waals surface area contributed by atoms with Gasteiger partial charge in [-0.2, -0.15) is 48.3 Å². The van der Waals surface area contributed by atoms with Crippen LogP contribution in [-0.2, 0) is 19.6 Å². The Morgan fingerprint density at radius 2 is 1.42 bits per heavy atom. The fourth-order valence-corrected chi connectivity index (χ4v) is 3.25. The Balaban J connectivity index is 5.06. The molecule has 0 aliphatic carbocycles. The van der Waals surface area contributed by atoms with Crippen LogP contribution in [0.1, 0.15) is 12.8 Å². The fourth-order valence-electron chi connectivity index (χ4n) is 2.12. The normalized spacial score (nSPS) is 15.1. The summed E-state index contributed by atoms with van der Waals surface area (Å²) in [5.41, 5.74) is 0. The minimum absolute atomic E-state index is 0.0477. The number of nitrogens with one attached hydrogen (secondary N) is 1. The predicted molar refractivity (Wildman–Crippen MR) is 87.4 cm³/mol. The van der Waals surface area contributed by atoms with Gasteiger partial charge in [0, 0.05) is 19.4 Å². The molecule has 0 aliphatic heterocycles. The van der Waals surface area contributed by atoms with Crippen molar-refractivity contribution in [3.8, 4) is 0 Å². The maximum atomic E-state index is 13.5. The standard InChI is InChI=1S/C14H19F11N2O5S/c1-27(2,8-9(28)29)6-3-5-26-33(30,31)7-4-10(15,16)13(22,23)32-14(24,25)11(17,18)12(19,20)21/h26H,3-8H2,1-2H3/p+1. The molecule has 0 radical (unpaired) electrons. The average Bonchev–Trinajstić information content (AvgIpc) is 2.54. The van der Waals surface area contributed by atoms with E-state index in [0.717, 1.165) is 0 Å². The number of ether oxygens (including phenoxy) is 1. The second-order valence-electron chi connectivity index (χ2n) is 7.44. The van der Waals surface area contributed by atoms with Gasteiger partial charge < -0.3 is 9.59 Å². The number of aliphatic carboxylic acids is 1. The van der Waals surface area contributed by atoms with Gasteiger partial charge in [0.05, 0.1) is 26.4 Å². The molecule has 0 aromatic carbocycles. The van der Waals surface area contributed by atoms with Gasteiger partial charge in [0.1, 0.15) is 0 Å². The van der Waals surface area contributed by atoms with Crippen LogP contribution in [0.25, 0.3) is 0 Å². The first kappa shape index (κ1) is 31.5. The molecular weight excluding hydrogens is 517 g/mol. The molecule has 0 unspecified atom stereocenters. The zero-order chi connectivity index (χ0) is 26.7. The van der Waals surface area contributed by atoms with Gasteiger partial charge in [-0.05, 0) is 0 Å². The molecule has 2 N–H and O–H groups in total. The highest BCUT2D eigenvalue weighted by Crippen LogP contribution is 2.51. The van der Waals surface area contributed by atoms with Crippen LogP contribution in [-0.4, -0.2) is 93.7 Å². The van der Waals surface area contributed by atoms with Crippen molar-refractivity contribution in [2.45, 2.75) is 43.1 Å². The lowest BCUT2D eigenvalue weighted by Crippen LogP contribution is -2.58. The number of rotatable bonds is 14. The number of likely N-dealkylation sites (N-methyl/N-ethyl adjacent to an activating group) is 1. The first-order valence-electron chi connectivity index (χ1n) is 8.58. The molecule has 0 fully saturated rings. The smallest absolute Gasteiger partial charge is 0.462 e. The molecule has 7 nitrogen and oxygen atoms in total. The Bertz CT molecular complexity index is 785. The summed E-state index contributed by atoms with van der Waals surface area (Å²) in [5, 5.41) is 8.69. The quantitative estimate of drug-likeness (QED) is 0.202. The zero-order valence-corrected chi connectivity index (χ0v) is 17.7. The summed E-state index contributed by atoms with van der Waals surface area (Å²) in [4.78, 5) is 10.6. The van der Waals surface area contributed by atoms with Gasteiger partial charge in [-0.1, -0.05) is 0 Å². The molecule has 0 aliphatic rings. The number of quaternary nitrogens is 1. The predicted octanol–water partition coefficient (Wildman–Crippen LogP) is 2.88. The minimum Gasteiger partial charge on any atom is -0.477 e. The van der Waals surface area contributed by atoms with E-state index in [2.05, 4.69) is 0 Å². The van der Waals surface area contributed by atoms with Crippen molar-refractivity contribution >= 4 is 16.0 Å². The zero-order valence-electron chi connectivity index (χ0n) is 16.8. The number of alkyl halides is 11. The summed E-state index contributed by atoms with van der Waals surface area (Å²) in [7, 11) is -1.85. The Morgan fingerprint density at radius 3 is 1.85 bits per heavy atom. The van der Waals surface area contributed by atoms with E-state index in [0.29, 0.717) is 0 Å². The van der Waals surface area contributed by atoms with Crippen molar-refractivity contribution in [3.63, 3.8) is 0 Å². The molecule has 0 saturated heterocycles. The SMILES string of the molecule is C[N+](C)(CCCNS(=O)(=O)CCC(F)(F)C(F)(F)OC(F)(F)C(F)(F)C(F)(F)F)CC(=O)O. The highest BCUT2D eigenvalue weighted by molar-refractivity contribution is 7.89. The van der Waals surface area contributed by atoms with Crippen LogP contribution < -0.4 is 4.72 Å². The number of carboxylic acids is 1. The molecule has 0 aromatic heterocycles. The maximum absolute atomic E-state index is 13.5. The molecule has 0 aromatic rings. The van der Waals surface area contributed by atoms with E-state index in [-0.39, 0.29) is 24.0 Å². The Labute approximate surface area is 180 Å². The molecule has 33 heavy (non-hydrogen) atoms. The van der Waals surface area contributed by atoms with Crippen molar-refractivity contribution in [3.05, 3.63) is 0 Å². The summed E-state index contributed by atoms with van der Waals surface area (Å²) in [5.74, 6) is -16.2. The van der Waals surface area contributed by atoms with E-state index in [9.17, 15) is 61.5 Å². The third kappa shape index (κ3) is 9.01. The molecule has 0 bridgehead atoms. The molecule has 198 valence electrons. The van der Waals surface area contributed by atoms with Crippen molar-refractivity contribution in [1.29, 1.82) is 0 Å². The third-order valence-corrected chi connectivity index (χ3v) is 5.30. The van der Waals surface area contributed by atoms with Crippen LogP contribution in [0, 0.1) is 0 Å². The molecule has 0 heterocycles. The van der Waals surface area contributed by atoms with E-state index < -0.39 is 64.9 Å². The van der Waals surface area contributed by atoms with Gasteiger partial charge >= 0.3 is 36.2 Å². The van der Waals surface area contributed by atoms with Gasteiger partial charge in [0.25, 0.3) is 0 Å². The van der Waals surface area contributed by atoms with Gasteiger partial charge in [-0.3, -0.25) is 0 Å². The summed E-state index contributed by atoms with van der Waals surface area (Å²) in [6.45, 7) is -0.760.